The smallest absolute Gasteiger partial charge is 0.406 e. The van der Waals surface area contributed by atoms with Crippen molar-refractivity contribution >= 4 is 22.6 Å². The second kappa shape index (κ2) is 6.70. The number of aromatic hydroxyl groups is 1. The van der Waals surface area contributed by atoms with E-state index in [2.05, 4.69) is 4.98 Å². The Morgan fingerprint density at radius 1 is 1.34 bits per heavy atom. The van der Waals surface area contributed by atoms with Crippen molar-refractivity contribution in [1.82, 2.24) is 9.55 Å². The number of halogens is 3. The zero-order chi connectivity index (χ0) is 21.7. The number of benzene rings is 1. The Morgan fingerprint density at radius 2 is 2.00 bits per heavy atom. The predicted octanol–water partition coefficient (Wildman–Crippen LogP) is 3.14. The van der Waals surface area contributed by atoms with Crippen molar-refractivity contribution in [2.45, 2.75) is 26.6 Å². The van der Waals surface area contributed by atoms with E-state index >= 15 is 0 Å². The fraction of sp³-hybridized carbons (Fsp3) is 0.211. The highest BCUT2D eigenvalue weighted by atomic mass is 19.4. The Morgan fingerprint density at radius 3 is 2.55 bits per heavy atom. The molecule has 0 saturated heterocycles. The van der Waals surface area contributed by atoms with Gasteiger partial charge in [-0.3, -0.25) is 4.79 Å². The quantitative estimate of drug-likeness (QED) is 0.618. The van der Waals surface area contributed by atoms with E-state index in [0.717, 1.165) is 4.57 Å². The fourth-order valence-corrected chi connectivity index (χ4v) is 3.37. The molecule has 0 aliphatic heterocycles. The number of primary amides is 1. The molecule has 5 N–H and O–H groups in total. The second-order valence-corrected chi connectivity index (χ2v) is 6.54. The molecular formula is C19H16F3N5O2. The van der Waals surface area contributed by atoms with Gasteiger partial charge in [0, 0.05) is 16.6 Å². The number of nitrogen functional groups attached to an aromatic ring is 1. The first-order valence-electron chi connectivity index (χ1n) is 8.35. The van der Waals surface area contributed by atoms with Crippen molar-refractivity contribution in [2.24, 2.45) is 5.73 Å². The van der Waals surface area contributed by atoms with E-state index in [1.807, 2.05) is 6.07 Å². The minimum absolute atomic E-state index is 0.0207. The first-order chi connectivity index (χ1) is 13.5. The highest BCUT2D eigenvalue weighted by Gasteiger charge is 2.33. The maximum Gasteiger partial charge on any atom is 0.406 e. The van der Waals surface area contributed by atoms with Crippen LogP contribution in [0.25, 0.3) is 22.2 Å². The van der Waals surface area contributed by atoms with Crippen LogP contribution < -0.4 is 11.5 Å². The number of aromatic nitrogens is 2. The van der Waals surface area contributed by atoms with Gasteiger partial charge in [-0.2, -0.15) is 18.4 Å². The van der Waals surface area contributed by atoms with Gasteiger partial charge < -0.3 is 21.1 Å². The summed E-state index contributed by atoms with van der Waals surface area (Å²) >= 11 is 0. The molecule has 0 spiro atoms. The van der Waals surface area contributed by atoms with Crippen molar-refractivity contribution in [2.75, 3.05) is 5.73 Å². The van der Waals surface area contributed by atoms with Gasteiger partial charge >= 0.3 is 6.18 Å². The van der Waals surface area contributed by atoms with Gasteiger partial charge in [0.2, 0.25) is 0 Å². The summed E-state index contributed by atoms with van der Waals surface area (Å²) in [4.78, 5) is 15.9. The Labute approximate surface area is 163 Å². The average Bonchev–Trinajstić information content (AvgIpc) is 2.87. The van der Waals surface area contributed by atoms with Crippen LogP contribution in [0.5, 0.6) is 5.75 Å². The minimum atomic E-state index is -4.60. The molecule has 0 fully saturated rings. The molecule has 0 unspecified atom stereocenters. The molecule has 10 heteroatoms. The molecule has 7 nitrogen and oxygen atoms in total. The van der Waals surface area contributed by atoms with Crippen molar-refractivity contribution in [3.63, 3.8) is 0 Å². The van der Waals surface area contributed by atoms with Crippen molar-refractivity contribution < 1.29 is 23.1 Å². The molecule has 1 amide bonds. The number of nitrogens with zero attached hydrogens (tertiary/aromatic N) is 3. The summed E-state index contributed by atoms with van der Waals surface area (Å²) in [5.74, 6) is -1.11. The number of nitriles is 1. The van der Waals surface area contributed by atoms with E-state index in [1.54, 1.807) is 13.0 Å². The van der Waals surface area contributed by atoms with Gasteiger partial charge in [-0.15, -0.1) is 0 Å². The van der Waals surface area contributed by atoms with Crippen LogP contribution in [-0.4, -0.2) is 26.7 Å². The fourth-order valence-electron chi connectivity index (χ4n) is 3.37. The summed E-state index contributed by atoms with van der Waals surface area (Å²) in [6.07, 6.45) is -4.60. The molecule has 3 aromatic rings. The number of nitrogens with two attached hydrogens (primary N) is 2. The third-order valence-corrected chi connectivity index (χ3v) is 4.75. The molecule has 0 aliphatic carbocycles. The topological polar surface area (TPSA) is 131 Å². The van der Waals surface area contributed by atoms with Gasteiger partial charge in [-0.1, -0.05) is 12.1 Å². The van der Waals surface area contributed by atoms with Crippen LogP contribution in [0.2, 0.25) is 0 Å². The number of phenolic OH excluding ortho intramolecular Hbond substituents is 1. The number of hydrogen-bond acceptors (Lipinski definition) is 5. The van der Waals surface area contributed by atoms with Crippen LogP contribution in [0.3, 0.4) is 0 Å². The van der Waals surface area contributed by atoms with Crippen LogP contribution in [0.1, 0.15) is 27.3 Å². The molecule has 2 aromatic heterocycles. The number of phenols is 1. The van der Waals surface area contributed by atoms with E-state index in [1.165, 1.54) is 19.1 Å². The van der Waals surface area contributed by atoms with Gasteiger partial charge in [-0.05, 0) is 31.0 Å². The average molecular weight is 403 g/mol. The second-order valence-electron chi connectivity index (χ2n) is 6.54. The van der Waals surface area contributed by atoms with E-state index in [9.17, 15) is 28.3 Å². The number of carbonyl (C=O) groups excluding carboxylic acids is 1. The standard InChI is InChI=1S/C19H16F3N5O2/c1-8-10(4-3-5-12(8)28)13-14-11(6-23)9(2)27(7-19(20,21)22)18(14)26-16(15(13)24)17(25)29/h3-5,28H,7,24H2,1-2H3,(H2,25,29). The molecule has 0 aliphatic rings. The first-order valence-corrected chi connectivity index (χ1v) is 8.35. The third-order valence-electron chi connectivity index (χ3n) is 4.75. The first kappa shape index (κ1) is 20.0. The number of hydrogen-bond donors (Lipinski definition) is 3. The Bertz CT molecular complexity index is 1210. The van der Waals surface area contributed by atoms with E-state index in [-0.39, 0.29) is 39.3 Å². The zero-order valence-corrected chi connectivity index (χ0v) is 15.4. The van der Waals surface area contributed by atoms with E-state index in [0.29, 0.717) is 11.1 Å². The lowest BCUT2D eigenvalue weighted by Crippen LogP contribution is -2.20. The van der Waals surface area contributed by atoms with Gasteiger partial charge in [0.1, 0.15) is 24.0 Å². The molecule has 0 bridgehead atoms. The molecule has 2 heterocycles. The zero-order valence-electron chi connectivity index (χ0n) is 15.4. The van der Waals surface area contributed by atoms with Crippen LogP contribution >= 0.6 is 0 Å². The molecular weight excluding hydrogens is 387 g/mol. The number of carbonyl (C=O) groups is 1. The van der Waals surface area contributed by atoms with Gasteiger partial charge in [-0.25, -0.2) is 4.98 Å². The lowest BCUT2D eigenvalue weighted by molar-refractivity contribution is -0.140. The normalized spacial score (nSPS) is 11.6. The highest BCUT2D eigenvalue weighted by Crippen LogP contribution is 2.42. The van der Waals surface area contributed by atoms with Gasteiger partial charge in [0.25, 0.3) is 5.91 Å². The monoisotopic (exact) mass is 403 g/mol. The van der Waals surface area contributed by atoms with Crippen LogP contribution in [0.4, 0.5) is 18.9 Å². The van der Waals surface area contributed by atoms with Crippen molar-refractivity contribution in [3.8, 4) is 22.9 Å². The van der Waals surface area contributed by atoms with Crippen LogP contribution in [-0.2, 0) is 6.54 Å². The lowest BCUT2D eigenvalue weighted by Gasteiger charge is -2.15. The van der Waals surface area contributed by atoms with Gasteiger partial charge in [0.05, 0.1) is 11.3 Å². The Balaban J connectivity index is 2.59. The Kier molecular flexibility index (Phi) is 4.62. The highest BCUT2D eigenvalue weighted by molar-refractivity contribution is 6.10. The maximum atomic E-state index is 13.2. The summed E-state index contributed by atoms with van der Waals surface area (Å²) in [6.45, 7) is 1.52. The summed E-state index contributed by atoms with van der Waals surface area (Å²) in [5, 5.41) is 19.8. The predicted molar refractivity (Wildman–Crippen MR) is 100 cm³/mol. The van der Waals surface area contributed by atoms with Crippen molar-refractivity contribution in [1.29, 1.82) is 5.26 Å². The summed E-state index contributed by atoms with van der Waals surface area (Å²) in [7, 11) is 0. The lowest BCUT2D eigenvalue weighted by atomic mass is 9.94. The summed E-state index contributed by atoms with van der Waals surface area (Å²) in [5.41, 5.74) is 11.4. The van der Waals surface area contributed by atoms with Crippen LogP contribution in [0.15, 0.2) is 18.2 Å². The molecule has 150 valence electrons. The maximum absolute atomic E-state index is 13.2. The van der Waals surface area contributed by atoms with Gasteiger partial charge in [0.15, 0.2) is 5.69 Å². The third kappa shape index (κ3) is 3.20. The number of pyridine rings is 1. The summed E-state index contributed by atoms with van der Waals surface area (Å²) < 4.78 is 40.3. The van der Waals surface area contributed by atoms with E-state index < -0.39 is 24.3 Å². The minimum Gasteiger partial charge on any atom is -0.508 e. The molecule has 3 rings (SSSR count). The number of fused-ring (bicyclic) bond motifs is 1. The summed E-state index contributed by atoms with van der Waals surface area (Å²) in [6, 6.07) is 6.41. The molecule has 29 heavy (non-hydrogen) atoms. The number of amides is 1. The van der Waals surface area contributed by atoms with E-state index in [4.69, 9.17) is 11.5 Å². The number of rotatable bonds is 3. The number of anilines is 1. The molecule has 0 saturated carbocycles. The molecule has 0 radical (unpaired) electrons. The SMILES string of the molecule is Cc1c(O)cccc1-c1c(N)c(C(N)=O)nc2c1c(C#N)c(C)n2CC(F)(F)F. The van der Waals surface area contributed by atoms with Crippen LogP contribution in [0, 0.1) is 25.2 Å². The largest absolute Gasteiger partial charge is 0.508 e. The van der Waals surface area contributed by atoms with Crippen molar-refractivity contribution in [3.05, 3.63) is 40.7 Å². The molecule has 1 aromatic carbocycles. The Hall–Kier alpha value is -3.74. The number of alkyl halides is 3. The molecule has 0 atom stereocenters.